The number of aromatic hydroxyl groups is 1. The quantitative estimate of drug-likeness (QED) is 0.492. The number of carbonyl (C=O) groups is 2. The first-order valence-electron chi connectivity index (χ1n) is 5.57. The van der Waals surface area contributed by atoms with E-state index in [0.29, 0.717) is 10.2 Å². The molecule has 0 aromatic heterocycles. The Labute approximate surface area is 138 Å². The van der Waals surface area contributed by atoms with E-state index in [2.05, 4.69) is 27.9 Å². The summed E-state index contributed by atoms with van der Waals surface area (Å²) in [5.41, 5.74) is 0.208. The summed E-state index contributed by atoms with van der Waals surface area (Å²) in [5.74, 6) is -0.808. The molecule has 0 fully saturated rings. The lowest BCUT2D eigenvalue weighted by atomic mass is 10.2. The monoisotopic (exact) mass is 489 g/mol. The summed E-state index contributed by atoms with van der Waals surface area (Å²) in [5, 5.41) is 12.4. The second-order valence-electron chi connectivity index (χ2n) is 3.59. The third-order valence-corrected chi connectivity index (χ3v) is 3.64. The fourth-order valence-corrected chi connectivity index (χ4v) is 3.19. The summed E-state index contributed by atoms with van der Waals surface area (Å²) in [6.07, 6.45) is 0.112. The Balaban J connectivity index is 2.62. The Morgan fingerprint density at radius 1 is 1.37 bits per heavy atom. The summed E-state index contributed by atoms with van der Waals surface area (Å²) >= 11 is 4.03. The highest BCUT2D eigenvalue weighted by atomic mass is 127. The lowest BCUT2D eigenvalue weighted by molar-refractivity contribution is -0.142. The van der Waals surface area contributed by atoms with Crippen molar-refractivity contribution in [1.29, 1.82) is 0 Å². The average Bonchev–Trinajstić information content (AvgIpc) is 2.33. The van der Waals surface area contributed by atoms with Crippen molar-refractivity contribution in [3.63, 3.8) is 0 Å². The minimum atomic E-state index is -0.404. The van der Waals surface area contributed by atoms with Gasteiger partial charge in [-0.15, -0.1) is 0 Å². The Bertz CT molecular complexity index is 491. The Kier molecular flexibility index (Phi) is 6.83. The molecule has 19 heavy (non-hydrogen) atoms. The molecule has 0 aliphatic carbocycles. The largest absolute Gasteiger partial charge is 0.506 e. The Morgan fingerprint density at radius 3 is 2.68 bits per heavy atom. The number of hydrogen-bond donors (Lipinski definition) is 2. The lowest BCUT2D eigenvalue weighted by Gasteiger charge is -2.08. The summed E-state index contributed by atoms with van der Waals surface area (Å²) < 4.78 is 6.22. The molecule has 2 N–H and O–H groups in total. The van der Waals surface area contributed by atoms with Crippen molar-refractivity contribution in [1.82, 2.24) is 5.32 Å². The smallest absolute Gasteiger partial charge is 0.307 e. The molecule has 0 saturated heterocycles. The normalized spacial score (nSPS) is 10.1. The van der Waals surface area contributed by atoms with E-state index in [1.807, 2.05) is 22.6 Å². The van der Waals surface area contributed by atoms with E-state index in [1.165, 1.54) is 0 Å². The van der Waals surface area contributed by atoms with Crippen LogP contribution in [0.4, 0.5) is 0 Å². The number of rotatable bonds is 5. The number of carbonyl (C=O) groups excluding carboxylic acids is 2. The summed E-state index contributed by atoms with van der Waals surface area (Å²) in [6, 6.07) is 3.36. The van der Waals surface area contributed by atoms with Crippen LogP contribution >= 0.6 is 45.2 Å². The van der Waals surface area contributed by atoms with Gasteiger partial charge in [0, 0.05) is 10.1 Å². The van der Waals surface area contributed by atoms with Crippen LogP contribution in [-0.4, -0.2) is 30.1 Å². The van der Waals surface area contributed by atoms with Gasteiger partial charge in [-0.2, -0.15) is 0 Å². The van der Waals surface area contributed by atoms with Crippen molar-refractivity contribution in [2.45, 2.75) is 13.3 Å². The number of phenolic OH excluding ortho intramolecular Hbond substituents is 1. The van der Waals surface area contributed by atoms with E-state index in [-0.39, 0.29) is 30.2 Å². The SMILES string of the molecule is CCOC(=O)CCNC(=O)c1cc(I)cc(I)c1O. The van der Waals surface area contributed by atoms with Crippen molar-refractivity contribution in [3.05, 3.63) is 24.8 Å². The van der Waals surface area contributed by atoms with Gasteiger partial charge in [0.1, 0.15) is 5.75 Å². The minimum Gasteiger partial charge on any atom is -0.506 e. The van der Waals surface area contributed by atoms with Gasteiger partial charge in [-0.25, -0.2) is 0 Å². The van der Waals surface area contributed by atoms with Gasteiger partial charge in [0.2, 0.25) is 0 Å². The molecule has 5 nitrogen and oxygen atoms in total. The minimum absolute atomic E-state index is 0.0466. The van der Waals surface area contributed by atoms with Crippen molar-refractivity contribution in [2.24, 2.45) is 0 Å². The van der Waals surface area contributed by atoms with E-state index in [0.717, 1.165) is 3.57 Å². The molecule has 104 valence electrons. The van der Waals surface area contributed by atoms with Crippen LogP contribution in [0.1, 0.15) is 23.7 Å². The van der Waals surface area contributed by atoms with Crippen molar-refractivity contribution in [3.8, 4) is 5.75 Å². The number of benzene rings is 1. The molecule has 0 radical (unpaired) electrons. The second-order valence-corrected chi connectivity index (χ2v) is 6.00. The average molecular weight is 489 g/mol. The summed E-state index contributed by atoms with van der Waals surface area (Å²) in [4.78, 5) is 23.0. The lowest BCUT2D eigenvalue weighted by Crippen LogP contribution is -2.26. The van der Waals surface area contributed by atoms with Crippen LogP contribution in [0.5, 0.6) is 5.75 Å². The molecule has 0 atom stereocenters. The highest BCUT2D eigenvalue weighted by Crippen LogP contribution is 2.26. The maximum Gasteiger partial charge on any atom is 0.307 e. The van der Waals surface area contributed by atoms with E-state index in [9.17, 15) is 14.7 Å². The van der Waals surface area contributed by atoms with E-state index in [4.69, 9.17) is 4.74 Å². The standard InChI is InChI=1S/C12H13I2NO4/c1-2-19-10(16)3-4-15-12(18)8-5-7(13)6-9(14)11(8)17/h5-6,17H,2-4H2,1H3,(H,15,18). The van der Waals surface area contributed by atoms with Crippen LogP contribution in [0.2, 0.25) is 0 Å². The van der Waals surface area contributed by atoms with Crippen LogP contribution in [0, 0.1) is 7.14 Å². The molecule has 0 aliphatic heterocycles. The molecule has 0 bridgehead atoms. The van der Waals surface area contributed by atoms with E-state index in [1.54, 1.807) is 19.1 Å². The van der Waals surface area contributed by atoms with Gasteiger partial charge < -0.3 is 15.2 Å². The molecule has 1 rings (SSSR count). The van der Waals surface area contributed by atoms with Gasteiger partial charge in [-0.1, -0.05) is 0 Å². The molecule has 7 heteroatoms. The van der Waals surface area contributed by atoms with Crippen LogP contribution in [0.3, 0.4) is 0 Å². The number of amides is 1. The highest BCUT2D eigenvalue weighted by molar-refractivity contribution is 14.1. The first-order chi connectivity index (χ1) is 8.95. The molecule has 1 amide bonds. The number of hydrogen-bond acceptors (Lipinski definition) is 4. The van der Waals surface area contributed by atoms with Gasteiger partial charge in [0.05, 0.1) is 22.2 Å². The third-order valence-electron chi connectivity index (χ3n) is 2.19. The topological polar surface area (TPSA) is 75.6 Å². The molecule has 0 unspecified atom stereocenters. The zero-order chi connectivity index (χ0) is 14.4. The number of halogens is 2. The van der Waals surface area contributed by atoms with Crippen LogP contribution < -0.4 is 5.32 Å². The summed E-state index contributed by atoms with van der Waals surface area (Å²) in [6.45, 7) is 2.23. The molecule has 1 aromatic rings. The predicted molar refractivity (Wildman–Crippen MR) is 87.1 cm³/mol. The van der Waals surface area contributed by atoms with E-state index < -0.39 is 5.91 Å². The first kappa shape index (κ1) is 16.5. The van der Waals surface area contributed by atoms with Crippen molar-refractivity contribution >= 4 is 57.1 Å². The maximum absolute atomic E-state index is 11.9. The fourth-order valence-electron chi connectivity index (χ4n) is 1.35. The van der Waals surface area contributed by atoms with Gasteiger partial charge in [-0.05, 0) is 64.2 Å². The number of ether oxygens (including phenoxy) is 1. The molecule has 0 heterocycles. The first-order valence-corrected chi connectivity index (χ1v) is 7.73. The van der Waals surface area contributed by atoms with Crippen LogP contribution in [-0.2, 0) is 9.53 Å². The van der Waals surface area contributed by atoms with Gasteiger partial charge in [0.25, 0.3) is 5.91 Å². The molecule has 0 aliphatic rings. The Hall–Kier alpha value is -0.580. The second kappa shape index (κ2) is 7.88. The summed E-state index contributed by atoms with van der Waals surface area (Å²) in [7, 11) is 0. The van der Waals surface area contributed by atoms with Crippen molar-refractivity contribution < 1.29 is 19.4 Å². The zero-order valence-electron chi connectivity index (χ0n) is 10.2. The van der Waals surface area contributed by atoms with Gasteiger partial charge >= 0.3 is 5.97 Å². The zero-order valence-corrected chi connectivity index (χ0v) is 14.5. The predicted octanol–water partition coefficient (Wildman–Crippen LogP) is 2.28. The van der Waals surface area contributed by atoms with Gasteiger partial charge in [-0.3, -0.25) is 9.59 Å². The number of esters is 1. The molecular weight excluding hydrogens is 476 g/mol. The van der Waals surface area contributed by atoms with E-state index >= 15 is 0 Å². The maximum atomic E-state index is 11.9. The van der Waals surface area contributed by atoms with Crippen molar-refractivity contribution in [2.75, 3.05) is 13.2 Å². The Morgan fingerprint density at radius 2 is 2.05 bits per heavy atom. The molecular formula is C12H13I2NO4. The van der Waals surface area contributed by atoms with Gasteiger partial charge in [0.15, 0.2) is 0 Å². The highest BCUT2D eigenvalue weighted by Gasteiger charge is 2.15. The molecule has 0 saturated carbocycles. The third kappa shape index (κ3) is 5.13. The molecule has 0 spiro atoms. The van der Waals surface area contributed by atoms with Crippen LogP contribution in [0.25, 0.3) is 0 Å². The number of nitrogens with one attached hydrogen (secondary N) is 1. The van der Waals surface area contributed by atoms with Crippen LogP contribution in [0.15, 0.2) is 12.1 Å². The molecule has 1 aromatic carbocycles. The number of phenols is 1. The fraction of sp³-hybridized carbons (Fsp3) is 0.333.